The Kier molecular flexibility index (Phi) is 4.07. The van der Waals surface area contributed by atoms with Gasteiger partial charge in [0.1, 0.15) is 5.65 Å². The molecule has 0 fully saturated rings. The molecule has 0 amide bonds. The third kappa shape index (κ3) is 2.73. The quantitative estimate of drug-likeness (QED) is 0.524. The van der Waals surface area contributed by atoms with Crippen molar-refractivity contribution < 1.29 is 4.52 Å². The summed E-state index contributed by atoms with van der Waals surface area (Å²) in [6.07, 6.45) is 5.19. The topological polar surface area (TPSA) is 79.6 Å². The summed E-state index contributed by atoms with van der Waals surface area (Å²) in [5.74, 6) is 1.15. The number of aromatic nitrogens is 4. The van der Waals surface area contributed by atoms with E-state index in [4.69, 9.17) is 27.7 Å². The maximum atomic E-state index is 6.35. The summed E-state index contributed by atoms with van der Waals surface area (Å²) >= 11 is 12.5. The molecule has 126 valence electrons. The van der Waals surface area contributed by atoms with Gasteiger partial charge in [0, 0.05) is 35.5 Å². The average molecular weight is 374 g/mol. The zero-order valence-corrected chi connectivity index (χ0v) is 14.7. The molecule has 0 atom stereocenters. The van der Waals surface area contributed by atoms with Gasteiger partial charge in [0.2, 0.25) is 5.95 Å². The lowest BCUT2D eigenvalue weighted by Crippen LogP contribution is -2.01. The van der Waals surface area contributed by atoms with E-state index in [1.165, 1.54) is 0 Å². The van der Waals surface area contributed by atoms with Crippen LogP contribution >= 0.6 is 23.2 Å². The Balaban J connectivity index is 1.86. The fourth-order valence-electron chi connectivity index (χ4n) is 2.68. The number of nitrogens with zero attached hydrogens (tertiary/aromatic N) is 3. The summed E-state index contributed by atoms with van der Waals surface area (Å²) in [5, 5.41) is 8.78. The molecule has 0 aliphatic carbocycles. The number of H-pyrrole nitrogens is 1. The first-order valence-electron chi connectivity index (χ1n) is 7.66. The highest BCUT2D eigenvalue weighted by Crippen LogP contribution is 2.40. The molecular weight excluding hydrogens is 361 g/mol. The predicted octanol–water partition coefficient (Wildman–Crippen LogP) is 5.02. The minimum Gasteiger partial charge on any atom is -0.356 e. The van der Waals surface area contributed by atoms with E-state index in [1.807, 2.05) is 25.3 Å². The number of aromatic amines is 1. The number of anilines is 1. The molecule has 2 N–H and O–H groups in total. The molecule has 4 aromatic rings. The fraction of sp³-hybridized carbons (Fsp3) is 0.118. The van der Waals surface area contributed by atoms with E-state index < -0.39 is 0 Å². The van der Waals surface area contributed by atoms with Crippen LogP contribution in [0.3, 0.4) is 0 Å². The van der Waals surface area contributed by atoms with E-state index in [2.05, 4.69) is 25.4 Å². The summed E-state index contributed by atoms with van der Waals surface area (Å²) in [6.45, 7) is 2.74. The molecule has 1 aromatic carbocycles. The van der Waals surface area contributed by atoms with Crippen molar-refractivity contribution in [3.63, 3.8) is 0 Å². The molecule has 3 heterocycles. The van der Waals surface area contributed by atoms with Gasteiger partial charge in [-0.25, -0.2) is 4.98 Å². The maximum Gasteiger partial charge on any atom is 0.224 e. The third-order valence-electron chi connectivity index (χ3n) is 3.82. The second-order valence-corrected chi connectivity index (χ2v) is 6.14. The van der Waals surface area contributed by atoms with Crippen LogP contribution in [0.1, 0.15) is 6.92 Å². The molecule has 0 spiro atoms. The Hall–Kier alpha value is -2.57. The van der Waals surface area contributed by atoms with Crippen LogP contribution in [0, 0.1) is 0 Å². The SMILES string of the molecule is CCNc1ncc2c(-c3oncc3-c3cccc(Cl)c3Cl)c[nH]c2n1. The standard InChI is InChI=1S/C17H13Cl2N5O/c1-2-20-17-22-7-12-10(6-21-16(12)24-17)15-11(8-23-25-15)9-4-3-5-13(18)14(9)19/h3-8H,2H2,1H3,(H2,20,21,22,24). The molecule has 3 aromatic heterocycles. The molecule has 0 saturated heterocycles. The second kappa shape index (κ2) is 6.38. The number of fused-ring (bicyclic) bond motifs is 1. The van der Waals surface area contributed by atoms with Gasteiger partial charge in [-0.2, -0.15) is 4.98 Å². The smallest absolute Gasteiger partial charge is 0.224 e. The molecule has 0 bridgehead atoms. The van der Waals surface area contributed by atoms with Crippen LogP contribution in [-0.2, 0) is 0 Å². The van der Waals surface area contributed by atoms with Gasteiger partial charge < -0.3 is 14.8 Å². The van der Waals surface area contributed by atoms with Gasteiger partial charge in [-0.3, -0.25) is 0 Å². The molecular formula is C17H13Cl2N5O. The van der Waals surface area contributed by atoms with Crippen LogP contribution in [0.15, 0.2) is 41.3 Å². The minimum atomic E-state index is 0.458. The van der Waals surface area contributed by atoms with E-state index in [9.17, 15) is 0 Å². The number of hydrogen-bond donors (Lipinski definition) is 2. The largest absolute Gasteiger partial charge is 0.356 e. The fourth-order valence-corrected chi connectivity index (χ4v) is 3.08. The normalized spacial score (nSPS) is 11.2. The second-order valence-electron chi connectivity index (χ2n) is 5.36. The first kappa shape index (κ1) is 15.9. The average Bonchev–Trinajstić information content (AvgIpc) is 3.23. The third-order valence-corrected chi connectivity index (χ3v) is 4.64. The van der Waals surface area contributed by atoms with E-state index >= 15 is 0 Å². The van der Waals surface area contributed by atoms with Crippen LogP contribution in [0.2, 0.25) is 10.0 Å². The van der Waals surface area contributed by atoms with Gasteiger partial charge in [0.15, 0.2) is 5.76 Å². The van der Waals surface area contributed by atoms with Crippen molar-refractivity contribution in [3.05, 3.63) is 46.8 Å². The lowest BCUT2D eigenvalue weighted by Gasteiger charge is -2.05. The van der Waals surface area contributed by atoms with Crippen LogP contribution in [0.25, 0.3) is 33.5 Å². The molecule has 6 nitrogen and oxygen atoms in total. The molecule has 0 saturated carbocycles. The van der Waals surface area contributed by atoms with Gasteiger partial charge >= 0.3 is 0 Å². The highest BCUT2D eigenvalue weighted by Gasteiger charge is 2.20. The van der Waals surface area contributed by atoms with Gasteiger partial charge in [-0.15, -0.1) is 0 Å². The highest BCUT2D eigenvalue weighted by molar-refractivity contribution is 6.43. The number of halogens is 2. The van der Waals surface area contributed by atoms with Crippen molar-refractivity contribution in [1.82, 2.24) is 20.1 Å². The Morgan fingerprint density at radius 1 is 1.16 bits per heavy atom. The number of hydrogen-bond acceptors (Lipinski definition) is 5. The summed E-state index contributed by atoms with van der Waals surface area (Å²) in [6, 6.07) is 5.45. The Labute approximate surface area is 153 Å². The molecule has 25 heavy (non-hydrogen) atoms. The van der Waals surface area contributed by atoms with Crippen molar-refractivity contribution >= 4 is 40.2 Å². The minimum absolute atomic E-state index is 0.458. The first-order chi connectivity index (χ1) is 12.2. The zero-order valence-electron chi connectivity index (χ0n) is 13.2. The van der Waals surface area contributed by atoms with Crippen LogP contribution in [0.4, 0.5) is 5.95 Å². The van der Waals surface area contributed by atoms with Crippen molar-refractivity contribution in [3.8, 4) is 22.5 Å². The first-order valence-corrected chi connectivity index (χ1v) is 8.42. The Bertz CT molecular complexity index is 1060. The highest BCUT2D eigenvalue weighted by atomic mass is 35.5. The van der Waals surface area contributed by atoms with Gasteiger partial charge in [-0.05, 0) is 13.0 Å². The van der Waals surface area contributed by atoms with Crippen molar-refractivity contribution in [2.24, 2.45) is 0 Å². The summed E-state index contributed by atoms with van der Waals surface area (Å²) in [5.41, 5.74) is 3.02. The molecule has 4 rings (SSSR count). The number of rotatable bonds is 4. The number of benzene rings is 1. The molecule has 0 aliphatic rings. The lowest BCUT2D eigenvalue weighted by atomic mass is 10.0. The van der Waals surface area contributed by atoms with E-state index in [0.29, 0.717) is 27.4 Å². The van der Waals surface area contributed by atoms with Crippen molar-refractivity contribution in [1.29, 1.82) is 0 Å². The Morgan fingerprint density at radius 3 is 2.88 bits per heavy atom. The van der Waals surface area contributed by atoms with Crippen molar-refractivity contribution in [2.75, 3.05) is 11.9 Å². The van der Waals surface area contributed by atoms with Crippen LogP contribution < -0.4 is 5.32 Å². The van der Waals surface area contributed by atoms with Crippen LogP contribution in [0.5, 0.6) is 0 Å². The van der Waals surface area contributed by atoms with Gasteiger partial charge in [-0.1, -0.05) is 40.5 Å². The van der Waals surface area contributed by atoms with Crippen molar-refractivity contribution in [2.45, 2.75) is 6.92 Å². The van der Waals surface area contributed by atoms with Gasteiger partial charge in [0.05, 0.1) is 21.8 Å². The van der Waals surface area contributed by atoms with E-state index in [0.717, 1.165) is 28.6 Å². The monoisotopic (exact) mass is 373 g/mol. The predicted molar refractivity (Wildman–Crippen MR) is 99.0 cm³/mol. The number of nitrogens with one attached hydrogen (secondary N) is 2. The Morgan fingerprint density at radius 2 is 2.04 bits per heavy atom. The molecule has 0 unspecified atom stereocenters. The maximum absolute atomic E-state index is 6.35. The summed E-state index contributed by atoms with van der Waals surface area (Å²) in [4.78, 5) is 11.9. The van der Waals surface area contributed by atoms with Crippen LogP contribution in [-0.4, -0.2) is 26.7 Å². The molecule has 8 heteroatoms. The molecule has 0 aliphatic heterocycles. The van der Waals surface area contributed by atoms with E-state index in [-0.39, 0.29) is 0 Å². The molecule has 0 radical (unpaired) electrons. The van der Waals surface area contributed by atoms with Gasteiger partial charge in [0.25, 0.3) is 0 Å². The zero-order chi connectivity index (χ0) is 17.4. The van der Waals surface area contributed by atoms with E-state index in [1.54, 1.807) is 18.5 Å². The summed E-state index contributed by atoms with van der Waals surface area (Å²) < 4.78 is 5.50. The lowest BCUT2D eigenvalue weighted by molar-refractivity contribution is 0.433. The summed E-state index contributed by atoms with van der Waals surface area (Å²) in [7, 11) is 0.